The van der Waals surface area contributed by atoms with Gasteiger partial charge < -0.3 is 19.9 Å². The Kier molecular flexibility index (Phi) is 3.77. The molecule has 9 nitrogen and oxygen atoms in total. The lowest BCUT2D eigenvalue weighted by atomic mass is 10.1. The van der Waals surface area contributed by atoms with Gasteiger partial charge >= 0.3 is 0 Å². The largest absolute Gasteiger partial charge is 0.368 e. The molecule has 9 heteroatoms. The van der Waals surface area contributed by atoms with Crippen molar-refractivity contribution in [2.75, 3.05) is 23.8 Å². The predicted octanol–water partition coefficient (Wildman–Crippen LogP) is 2.12. The first-order valence-corrected chi connectivity index (χ1v) is 9.71. The third-order valence-corrected chi connectivity index (χ3v) is 5.65. The van der Waals surface area contributed by atoms with Crippen LogP contribution in [0.4, 0.5) is 11.8 Å². The maximum Gasteiger partial charge on any atom is 0.219 e. The van der Waals surface area contributed by atoms with Crippen LogP contribution < -0.4 is 10.6 Å². The van der Waals surface area contributed by atoms with E-state index < -0.39 is 5.60 Å². The molecule has 0 bridgehead atoms. The van der Waals surface area contributed by atoms with Gasteiger partial charge in [0, 0.05) is 31.5 Å². The zero-order chi connectivity index (χ0) is 19.5. The minimum atomic E-state index is -0.461. The number of fused-ring (bicyclic) bond motifs is 3. The number of imidazole rings is 1. The number of nitrogens with zero attached hydrogens (tertiary/aromatic N) is 7. The van der Waals surface area contributed by atoms with Gasteiger partial charge in [0.1, 0.15) is 11.4 Å². The Hall–Kier alpha value is -2.81. The van der Waals surface area contributed by atoms with Crippen molar-refractivity contribution in [2.24, 2.45) is 0 Å². The van der Waals surface area contributed by atoms with E-state index in [0.717, 1.165) is 54.3 Å². The van der Waals surface area contributed by atoms with Crippen molar-refractivity contribution in [3.8, 4) is 11.4 Å². The Morgan fingerprint density at radius 3 is 2.64 bits per heavy atom. The number of hydrogen-bond acceptors (Lipinski definition) is 8. The highest BCUT2D eigenvalue weighted by atomic mass is 16.5. The number of hydrogen-bond donors (Lipinski definition) is 1. The zero-order valence-corrected chi connectivity index (χ0v) is 16.4. The van der Waals surface area contributed by atoms with E-state index in [4.69, 9.17) is 25.4 Å². The summed E-state index contributed by atoms with van der Waals surface area (Å²) in [5.74, 6) is 2.59. The Labute approximate surface area is 163 Å². The van der Waals surface area contributed by atoms with E-state index in [-0.39, 0.29) is 5.95 Å². The number of anilines is 2. The molecule has 1 fully saturated rings. The first-order valence-electron chi connectivity index (χ1n) is 9.71. The molecule has 5 rings (SSSR count). The molecule has 146 valence electrons. The fourth-order valence-corrected chi connectivity index (χ4v) is 4.15. The van der Waals surface area contributed by atoms with Crippen molar-refractivity contribution in [1.29, 1.82) is 0 Å². The summed E-state index contributed by atoms with van der Waals surface area (Å²) in [6, 6.07) is 0.414. The van der Waals surface area contributed by atoms with E-state index in [1.54, 1.807) is 12.4 Å². The predicted molar refractivity (Wildman–Crippen MR) is 106 cm³/mol. The molecule has 5 heterocycles. The summed E-state index contributed by atoms with van der Waals surface area (Å²) < 4.78 is 8.12. The Morgan fingerprint density at radius 2 is 1.93 bits per heavy atom. The lowest BCUT2D eigenvalue weighted by Gasteiger charge is -2.30. The summed E-state index contributed by atoms with van der Waals surface area (Å²) in [6.07, 6.45) is 5.63. The van der Waals surface area contributed by atoms with Crippen LogP contribution in [-0.2, 0) is 16.9 Å². The molecule has 28 heavy (non-hydrogen) atoms. The smallest absolute Gasteiger partial charge is 0.219 e. The molecule has 0 spiro atoms. The van der Waals surface area contributed by atoms with Crippen LogP contribution in [-0.4, -0.2) is 48.7 Å². The van der Waals surface area contributed by atoms with Gasteiger partial charge in [0.2, 0.25) is 5.95 Å². The molecule has 3 aromatic heterocycles. The molecule has 2 aliphatic heterocycles. The van der Waals surface area contributed by atoms with Crippen molar-refractivity contribution < 1.29 is 4.74 Å². The summed E-state index contributed by atoms with van der Waals surface area (Å²) >= 11 is 0. The number of nitrogen functional groups attached to an aromatic ring is 1. The Balaban J connectivity index is 1.77. The van der Waals surface area contributed by atoms with Crippen LogP contribution in [0.3, 0.4) is 0 Å². The van der Waals surface area contributed by atoms with Gasteiger partial charge in [-0.25, -0.2) is 24.9 Å². The van der Waals surface area contributed by atoms with Crippen molar-refractivity contribution in [3.05, 3.63) is 18.2 Å². The zero-order valence-electron chi connectivity index (χ0n) is 16.4. The number of aromatic nitrogens is 6. The van der Waals surface area contributed by atoms with Crippen LogP contribution in [0.5, 0.6) is 0 Å². The van der Waals surface area contributed by atoms with E-state index in [2.05, 4.69) is 26.4 Å². The van der Waals surface area contributed by atoms with Gasteiger partial charge in [0.15, 0.2) is 22.8 Å². The van der Waals surface area contributed by atoms with Crippen molar-refractivity contribution in [2.45, 2.75) is 51.8 Å². The lowest BCUT2D eigenvalue weighted by molar-refractivity contribution is -0.0530. The van der Waals surface area contributed by atoms with E-state index in [0.29, 0.717) is 18.5 Å². The van der Waals surface area contributed by atoms with Gasteiger partial charge in [-0.05, 0) is 33.6 Å². The molecule has 3 aromatic rings. The van der Waals surface area contributed by atoms with Crippen LogP contribution in [0.15, 0.2) is 12.4 Å². The van der Waals surface area contributed by atoms with E-state index in [9.17, 15) is 0 Å². The normalized spacial score (nSPS) is 21.2. The summed E-state index contributed by atoms with van der Waals surface area (Å²) in [7, 11) is 0. The molecule has 1 atom stereocenters. The summed E-state index contributed by atoms with van der Waals surface area (Å²) in [5, 5.41) is 0. The minimum absolute atomic E-state index is 0.235. The van der Waals surface area contributed by atoms with Crippen LogP contribution >= 0.6 is 0 Å². The van der Waals surface area contributed by atoms with Gasteiger partial charge in [-0.2, -0.15) is 0 Å². The number of rotatable bonds is 2. The average molecular weight is 380 g/mol. The first kappa shape index (κ1) is 17.3. The average Bonchev–Trinajstić information content (AvgIpc) is 3.26. The second-order valence-electron chi connectivity index (χ2n) is 8.00. The quantitative estimate of drug-likeness (QED) is 0.720. The first-order chi connectivity index (χ1) is 13.4. The molecule has 2 aliphatic rings. The van der Waals surface area contributed by atoms with Crippen molar-refractivity contribution >= 4 is 22.9 Å². The summed E-state index contributed by atoms with van der Waals surface area (Å²) in [5.41, 5.74) is 7.60. The van der Waals surface area contributed by atoms with Gasteiger partial charge in [-0.15, -0.1) is 0 Å². The third kappa shape index (κ3) is 2.61. The Morgan fingerprint density at radius 1 is 1.14 bits per heavy atom. The summed E-state index contributed by atoms with van der Waals surface area (Å²) in [6.45, 7) is 8.64. The topological polar surface area (TPSA) is 108 Å². The molecule has 0 radical (unpaired) electrons. The van der Waals surface area contributed by atoms with Crippen LogP contribution in [0.25, 0.3) is 22.6 Å². The standard InChI is InChI=1S/C19H24N8O/c1-11-5-4-6-26(11)15-13-16(27-7-8-28-19(2,3)17(27)23-13)25-14(24-15)12-9-21-18(20)22-10-12/h9-11H,4-8H2,1-3H3,(H2,20,21,22)/t11-/m1/s1. The number of nitrogens with two attached hydrogens (primary N) is 1. The molecular weight excluding hydrogens is 356 g/mol. The fourth-order valence-electron chi connectivity index (χ4n) is 4.15. The molecule has 0 amide bonds. The van der Waals surface area contributed by atoms with Crippen LogP contribution in [0.2, 0.25) is 0 Å². The summed E-state index contributed by atoms with van der Waals surface area (Å²) in [4.78, 5) is 25.3. The Bertz CT molecular complexity index is 1040. The van der Waals surface area contributed by atoms with E-state index >= 15 is 0 Å². The molecule has 1 saturated heterocycles. The van der Waals surface area contributed by atoms with Gasteiger partial charge in [0.25, 0.3) is 0 Å². The SMILES string of the molecule is C[C@@H]1CCCN1c1nc(-c2cnc(N)nc2)nc2c1nc1n2CCOC1(C)C. The maximum absolute atomic E-state index is 5.96. The highest BCUT2D eigenvalue weighted by Gasteiger charge is 2.35. The highest BCUT2D eigenvalue weighted by Crippen LogP contribution is 2.36. The van der Waals surface area contributed by atoms with E-state index in [1.165, 1.54) is 0 Å². The third-order valence-electron chi connectivity index (χ3n) is 5.65. The molecule has 0 saturated carbocycles. The lowest BCUT2D eigenvalue weighted by Crippen LogP contribution is -2.33. The molecule has 2 N–H and O–H groups in total. The van der Waals surface area contributed by atoms with E-state index in [1.807, 2.05) is 13.8 Å². The second-order valence-corrected chi connectivity index (χ2v) is 8.00. The fraction of sp³-hybridized carbons (Fsp3) is 0.526. The molecular formula is C19H24N8O. The number of ether oxygens (including phenoxy) is 1. The highest BCUT2D eigenvalue weighted by molar-refractivity contribution is 5.86. The minimum Gasteiger partial charge on any atom is -0.368 e. The van der Waals surface area contributed by atoms with Gasteiger partial charge in [-0.1, -0.05) is 0 Å². The molecule has 0 unspecified atom stereocenters. The van der Waals surface area contributed by atoms with Crippen LogP contribution in [0, 0.1) is 0 Å². The molecule has 0 aliphatic carbocycles. The van der Waals surface area contributed by atoms with Gasteiger partial charge in [-0.3, -0.25) is 0 Å². The second kappa shape index (κ2) is 6.10. The monoisotopic (exact) mass is 380 g/mol. The van der Waals surface area contributed by atoms with Crippen LogP contribution in [0.1, 0.15) is 39.4 Å². The molecule has 0 aromatic carbocycles. The van der Waals surface area contributed by atoms with Crippen molar-refractivity contribution in [1.82, 2.24) is 29.5 Å². The van der Waals surface area contributed by atoms with Gasteiger partial charge in [0.05, 0.1) is 12.2 Å². The van der Waals surface area contributed by atoms with Crippen molar-refractivity contribution in [3.63, 3.8) is 0 Å². The maximum atomic E-state index is 5.96.